The van der Waals surface area contributed by atoms with Crippen LogP contribution in [0.1, 0.15) is 26.2 Å². The Morgan fingerprint density at radius 1 is 1.57 bits per heavy atom. The summed E-state index contributed by atoms with van der Waals surface area (Å²) in [6, 6.07) is 0.564. The van der Waals surface area contributed by atoms with Crippen LogP contribution in [-0.2, 0) is 0 Å². The second kappa shape index (κ2) is 9.15. The normalized spacial score (nSPS) is 14.3. The van der Waals surface area contributed by atoms with Crippen molar-refractivity contribution in [2.24, 2.45) is 10.9 Å². The van der Waals surface area contributed by atoms with E-state index >= 15 is 0 Å². The zero-order valence-corrected chi connectivity index (χ0v) is 9.81. The third-order valence-electron chi connectivity index (χ3n) is 1.90. The molecule has 0 aromatic carbocycles. The zero-order chi connectivity index (χ0) is 10.8. The molecule has 1 atom stereocenters. The summed E-state index contributed by atoms with van der Waals surface area (Å²) < 4.78 is 0. The van der Waals surface area contributed by atoms with Crippen molar-refractivity contribution in [3.8, 4) is 0 Å². The number of nitrogens with two attached hydrogens (primary N) is 1. The highest BCUT2D eigenvalue weighted by atomic mass is 32.2. The van der Waals surface area contributed by atoms with E-state index in [1.165, 1.54) is 0 Å². The smallest absolute Gasteiger partial charge is 0.139 e. The van der Waals surface area contributed by atoms with Crippen molar-refractivity contribution in [2.75, 3.05) is 18.6 Å². The van der Waals surface area contributed by atoms with E-state index in [9.17, 15) is 0 Å². The minimum absolute atomic E-state index is 0.321. The van der Waals surface area contributed by atoms with Gasteiger partial charge in [0.2, 0.25) is 0 Å². The van der Waals surface area contributed by atoms with E-state index in [0.717, 1.165) is 25.1 Å². The number of hydrogen-bond acceptors (Lipinski definition) is 4. The molecule has 0 saturated heterocycles. The molecule has 0 aromatic rings. The standard InChI is InChI=1S/C9H21N3OS/c1-8(7-14-2)11-6-4-3-5-9(10)12-13/h8,11,13H,3-7H2,1-2H3,(H2,10,12). The fourth-order valence-electron chi connectivity index (χ4n) is 1.14. The van der Waals surface area contributed by atoms with Crippen LogP contribution in [0.3, 0.4) is 0 Å². The number of thioether (sulfide) groups is 1. The van der Waals surface area contributed by atoms with Crippen LogP contribution in [0.5, 0.6) is 0 Å². The summed E-state index contributed by atoms with van der Waals surface area (Å²) >= 11 is 1.85. The number of oxime groups is 1. The lowest BCUT2D eigenvalue weighted by Crippen LogP contribution is -2.29. The maximum absolute atomic E-state index is 8.29. The first kappa shape index (κ1) is 13.6. The fourth-order valence-corrected chi connectivity index (χ4v) is 1.76. The molecule has 0 rings (SSSR count). The number of nitrogens with zero attached hydrogens (tertiary/aromatic N) is 1. The Kier molecular flexibility index (Phi) is 8.87. The molecule has 0 heterocycles. The van der Waals surface area contributed by atoms with Gasteiger partial charge in [-0.05, 0) is 32.6 Å². The molecule has 0 aliphatic carbocycles. The highest BCUT2D eigenvalue weighted by Gasteiger charge is 1.99. The van der Waals surface area contributed by atoms with Gasteiger partial charge in [0.15, 0.2) is 0 Å². The minimum Gasteiger partial charge on any atom is -0.409 e. The summed E-state index contributed by atoms with van der Waals surface area (Å²) in [7, 11) is 0. The molecule has 5 heteroatoms. The van der Waals surface area contributed by atoms with E-state index in [-0.39, 0.29) is 0 Å². The van der Waals surface area contributed by atoms with Gasteiger partial charge in [-0.15, -0.1) is 0 Å². The molecule has 0 bridgehead atoms. The first-order valence-electron chi connectivity index (χ1n) is 4.89. The molecular weight excluding hydrogens is 198 g/mol. The van der Waals surface area contributed by atoms with Gasteiger partial charge in [0.05, 0.1) is 0 Å². The van der Waals surface area contributed by atoms with Gasteiger partial charge in [0, 0.05) is 18.2 Å². The van der Waals surface area contributed by atoms with Crippen LogP contribution in [-0.4, -0.2) is 35.6 Å². The lowest BCUT2D eigenvalue weighted by molar-refractivity contribution is 0.316. The van der Waals surface area contributed by atoms with E-state index in [0.29, 0.717) is 18.3 Å². The molecule has 0 aliphatic heterocycles. The van der Waals surface area contributed by atoms with Gasteiger partial charge in [-0.1, -0.05) is 5.16 Å². The summed E-state index contributed by atoms with van der Waals surface area (Å²) in [5, 5.41) is 14.6. The molecule has 0 aliphatic rings. The third-order valence-corrected chi connectivity index (χ3v) is 2.73. The summed E-state index contributed by atoms with van der Waals surface area (Å²) in [6.07, 6.45) is 4.81. The predicted molar refractivity (Wildman–Crippen MR) is 63.1 cm³/mol. The van der Waals surface area contributed by atoms with Crippen LogP contribution in [0.2, 0.25) is 0 Å². The van der Waals surface area contributed by atoms with Crippen molar-refractivity contribution >= 4 is 17.6 Å². The molecule has 0 amide bonds. The third kappa shape index (κ3) is 8.19. The maximum Gasteiger partial charge on any atom is 0.139 e. The van der Waals surface area contributed by atoms with Gasteiger partial charge in [0.25, 0.3) is 0 Å². The van der Waals surface area contributed by atoms with Crippen LogP contribution in [0.25, 0.3) is 0 Å². The molecule has 4 nitrogen and oxygen atoms in total. The Morgan fingerprint density at radius 3 is 2.86 bits per heavy atom. The Morgan fingerprint density at radius 2 is 2.29 bits per heavy atom. The van der Waals surface area contributed by atoms with Gasteiger partial charge in [-0.2, -0.15) is 11.8 Å². The molecule has 4 N–H and O–H groups in total. The molecule has 0 fully saturated rings. The molecule has 0 aromatic heterocycles. The first-order valence-corrected chi connectivity index (χ1v) is 6.28. The minimum atomic E-state index is 0.321. The molecule has 0 radical (unpaired) electrons. The average molecular weight is 219 g/mol. The summed E-state index contributed by atoms with van der Waals surface area (Å²) in [4.78, 5) is 0. The Balaban J connectivity index is 3.21. The van der Waals surface area contributed by atoms with Crippen molar-refractivity contribution in [3.63, 3.8) is 0 Å². The van der Waals surface area contributed by atoms with Crippen LogP contribution >= 0.6 is 11.8 Å². The SMILES string of the molecule is CSCC(C)NCCCCC(N)=NO. The monoisotopic (exact) mass is 219 g/mol. The number of unbranched alkanes of at least 4 members (excludes halogenated alkanes) is 1. The topological polar surface area (TPSA) is 70.6 Å². The fraction of sp³-hybridized carbons (Fsp3) is 0.889. The second-order valence-electron chi connectivity index (χ2n) is 3.36. The summed E-state index contributed by atoms with van der Waals surface area (Å²) in [6.45, 7) is 3.18. The van der Waals surface area contributed by atoms with Crippen molar-refractivity contribution < 1.29 is 5.21 Å². The first-order chi connectivity index (χ1) is 6.70. The quantitative estimate of drug-likeness (QED) is 0.189. The van der Waals surface area contributed by atoms with Crippen molar-refractivity contribution in [3.05, 3.63) is 0 Å². The van der Waals surface area contributed by atoms with Crippen LogP contribution < -0.4 is 11.1 Å². The van der Waals surface area contributed by atoms with E-state index < -0.39 is 0 Å². The zero-order valence-electron chi connectivity index (χ0n) is 8.99. The number of hydrogen-bond donors (Lipinski definition) is 3. The van der Waals surface area contributed by atoms with Crippen molar-refractivity contribution in [1.29, 1.82) is 0 Å². The van der Waals surface area contributed by atoms with Gasteiger partial charge >= 0.3 is 0 Å². The van der Waals surface area contributed by atoms with Gasteiger partial charge < -0.3 is 16.3 Å². The molecule has 1 unspecified atom stereocenters. The van der Waals surface area contributed by atoms with Crippen molar-refractivity contribution in [1.82, 2.24) is 5.32 Å². The lowest BCUT2D eigenvalue weighted by Gasteiger charge is -2.11. The number of nitrogens with one attached hydrogen (secondary N) is 1. The molecule has 14 heavy (non-hydrogen) atoms. The lowest BCUT2D eigenvalue weighted by atomic mass is 10.2. The Labute approximate surface area is 90.3 Å². The van der Waals surface area contributed by atoms with Crippen molar-refractivity contribution in [2.45, 2.75) is 32.2 Å². The van der Waals surface area contributed by atoms with Crippen LogP contribution in [0, 0.1) is 0 Å². The van der Waals surface area contributed by atoms with Gasteiger partial charge in [-0.25, -0.2) is 0 Å². The van der Waals surface area contributed by atoms with Gasteiger partial charge in [-0.3, -0.25) is 0 Å². The highest BCUT2D eigenvalue weighted by Crippen LogP contribution is 1.98. The number of rotatable bonds is 8. The maximum atomic E-state index is 8.29. The summed E-state index contributed by atoms with van der Waals surface area (Å²) in [5.74, 6) is 1.46. The largest absolute Gasteiger partial charge is 0.409 e. The Hall–Kier alpha value is -0.420. The predicted octanol–water partition coefficient (Wildman–Crippen LogP) is 1.24. The second-order valence-corrected chi connectivity index (χ2v) is 4.27. The van der Waals surface area contributed by atoms with E-state index in [4.69, 9.17) is 10.9 Å². The number of amidine groups is 1. The van der Waals surface area contributed by atoms with Crippen LogP contribution in [0.4, 0.5) is 0 Å². The Bertz CT molecular complexity index is 164. The molecule has 84 valence electrons. The highest BCUT2D eigenvalue weighted by molar-refractivity contribution is 7.98. The van der Waals surface area contributed by atoms with E-state index in [1.54, 1.807) is 0 Å². The molecule has 0 saturated carbocycles. The molecule has 0 spiro atoms. The van der Waals surface area contributed by atoms with E-state index in [1.807, 2.05) is 11.8 Å². The molecular formula is C9H21N3OS. The van der Waals surface area contributed by atoms with Gasteiger partial charge in [0.1, 0.15) is 5.84 Å². The average Bonchev–Trinajstić information content (AvgIpc) is 2.17. The summed E-state index contributed by atoms with van der Waals surface area (Å²) in [5.41, 5.74) is 5.34. The van der Waals surface area contributed by atoms with Crippen LogP contribution in [0.15, 0.2) is 5.16 Å². The van der Waals surface area contributed by atoms with E-state index in [2.05, 4.69) is 23.7 Å².